The van der Waals surface area contributed by atoms with Gasteiger partial charge in [0.05, 0.1) is 7.11 Å². The Hall–Kier alpha value is -1.61. The molecule has 0 saturated carbocycles. The number of ether oxygens (including phenoxy) is 1. The lowest BCUT2D eigenvalue weighted by atomic mass is 10.1. The maximum atomic E-state index is 10.9. The van der Waals surface area contributed by atoms with Crippen LogP contribution in [0.3, 0.4) is 0 Å². The second kappa shape index (κ2) is 5.98. The van der Waals surface area contributed by atoms with Crippen molar-refractivity contribution in [2.24, 2.45) is 0 Å². The van der Waals surface area contributed by atoms with Crippen LogP contribution in [-0.2, 0) is 9.53 Å². The highest BCUT2D eigenvalue weighted by atomic mass is 16.5. The van der Waals surface area contributed by atoms with Gasteiger partial charge in [0.2, 0.25) is 0 Å². The van der Waals surface area contributed by atoms with Gasteiger partial charge in [-0.1, -0.05) is 36.4 Å². The van der Waals surface area contributed by atoms with E-state index in [0.29, 0.717) is 6.42 Å². The summed E-state index contributed by atoms with van der Waals surface area (Å²) in [7, 11) is 1.38. The normalized spacial score (nSPS) is 12.7. The minimum Gasteiger partial charge on any atom is -0.469 e. The molecule has 3 N–H and O–H groups in total. The standard InChI is InChI=1S/C12H15NO2/c1-15-12(14)9-11(13)8-7-10-5-3-2-4-6-10/h2-8,11H,9,13H2,1H3/p+1/b8-7+/t11-/m0/s1. The number of rotatable bonds is 4. The summed E-state index contributed by atoms with van der Waals surface area (Å²) in [5.74, 6) is -0.229. The van der Waals surface area contributed by atoms with Gasteiger partial charge in [-0.15, -0.1) is 0 Å². The zero-order chi connectivity index (χ0) is 11.1. The highest BCUT2D eigenvalue weighted by molar-refractivity contribution is 5.70. The number of methoxy groups -OCH3 is 1. The molecule has 0 aliphatic rings. The fraction of sp³-hybridized carbons (Fsp3) is 0.250. The van der Waals surface area contributed by atoms with E-state index in [2.05, 4.69) is 10.5 Å². The minimum absolute atomic E-state index is 0.0438. The maximum Gasteiger partial charge on any atom is 0.311 e. The van der Waals surface area contributed by atoms with Crippen LogP contribution in [-0.4, -0.2) is 19.1 Å². The molecule has 0 bridgehead atoms. The van der Waals surface area contributed by atoms with Crippen LogP contribution < -0.4 is 5.73 Å². The summed E-state index contributed by atoms with van der Waals surface area (Å²) in [5, 5.41) is 0. The average Bonchev–Trinajstić information content (AvgIpc) is 2.27. The zero-order valence-electron chi connectivity index (χ0n) is 8.85. The van der Waals surface area contributed by atoms with Crippen LogP contribution in [0.1, 0.15) is 12.0 Å². The van der Waals surface area contributed by atoms with Gasteiger partial charge >= 0.3 is 5.97 Å². The fourth-order valence-electron chi connectivity index (χ4n) is 1.18. The smallest absolute Gasteiger partial charge is 0.311 e. The van der Waals surface area contributed by atoms with Crippen LogP contribution in [0.2, 0.25) is 0 Å². The molecule has 15 heavy (non-hydrogen) atoms. The van der Waals surface area contributed by atoms with E-state index in [9.17, 15) is 4.79 Å². The van der Waals surface area contributed by atoms with Gasteiger partial charge in [-0.05, 0) is 11.6 Å². The average molecular weight is 206 g/mol. The third kappa shape index (κ3) is 4.42. The molecule has 1 atom stereocenters. The van der Waals surface area contributed by atoms with Crippen LogP contribution in [0.4, 0.5) is 0 Å². The van der Waals surface area contributed by atoms with Gasteiger partial charge in [-0.2, -0.15) is 0 Å². The molecule has 0 saturated heterocycles. The first kappa shape index (κ1) is 11.5. The molecule has 0 radical (unpaired) electrons. The molecule has 80 valence electrons. The highest BCUT2D eigenvalue weighted by Gasteiger charge is 2.08. The van der Waals surface area contributed by atoms with E-state index in [1.807, 2.05) is 42.5 Å². The van der Waals surface area contributed by atoms with E-state index in [4.69, 9.17) is 0 Å². The van der Waals surface area contributed by atoms with E-state index in [-0.39, 0.29) is 12.0 Å². The van der Waals surface area contributed by atoms with Crippen molar-refractivity contribution < 1.29 is 15.3 Å². The molecule has 1 aromatic carbocycles. The Labute approximate surface area is 89.5 Å². The predicted octanol–water partition coefficient (Wildman–Crippen LogP) is 0.873. The SMILES string of the molecule is COC(=O)C[C@@H]([NH3+])/C=C/c1ccccc1. The van der Waals surface area contributed by atoms with Gasteiger partial charge in [0.15, 0.2) is 0 Å². The zero-order valence-corrected chi connectivity index (χ0v) is 8.85. The van der Waals surface area contributed by atoms with E-state index in [1.165, 1.54) is 7.11 Å². The minimum atomic E-state index is -0.229. The summed E-state index contributed by atoms with van der Waals surface area (Å²) in [6.45, 7) is 0. The maximum absolute atomic E-state index is 10.9. The first-order chi connectivity index (χ1) is 7.22. The highest BCUT2D eigenvalue weighted by Crippen LogP contribution is 2.02. The summed E-state index contributed by atoms with van der Waals surface area (Å²) in [6.07, 6.45) is 4.19. The summed E-state index contributed by atoms with van der Waals surface area (Å²) in [5.41, 5.74) is 4.96. The molecule has 0 fully saturated rings. The Morgan fingerprint density at radius 3 is 2.73 bits per heavy atom. The van der Waals surface area contributed by atoms with Crippen molar-refractivity contribution in [2.45, 2.75) is 12.5 Å². The van der Waals surface area contributed by atoms with Crippen molar-refractivity contribution in [1.29, 1.82) is 0 Å². The van der Waals surface area contributed by atoms with E-state index in [1.54, 1.807) is 0 Å². The van der Waals surface area contributed by atoms with Crippen LogP contribution in [0.5, 0.6) is 0 Å². The molecule has 0 aromatic heterocycles. The Bertz CT molecular complexity index is 333. The first-order valence-electron chi connectivity index (χ1n) is 4.85. The Balaban J connectivity index is 2.47. The van der Waals surface area contributed by atoms with Crippen molar-refractivity contribution in [3.05, 3.63) is 42.0 Å². The van der Waals surface area contributed by atoms with Crippen LogP contribution in [0, 0.1) is 0 Å². The first-order valence-corrected chi connectivity index (χ1v) is 4.85. The molecule has 3 nitrogen and oxygen atoms in total. The number of esters is 1. The summed E-state index contributed by atoms with van der Waals surface area (Å²) in [6, 6.07) is 9.87. The second-order valence-electron chi connectivity index (χ2n) is 3.31. The summed E-state index contributed by atoms with van der Waals surface area (Å²) in [4.78, 5) is 10.9. The van der Waals surface area contributed by atoms with Gasteiger partial charge in [0.25, 0.3) is 0 Å². The van der Waals surface area contributed by atoms with Crippen LogP contribution in [0.25, 0.3) is 6.08 Å². The molecule has 0 aliphatic heterocycles. The number of hydrogen-bond donors (Lipinski definition) is 1. The number of hydrogen-bond acceptors (Lipinski definition) is 2. The van der Waals surface area contributed by atoms with Gasteiger partial charge in [-0.25, -0.2) is 0 Å². The molecule has 0 amide bonds. The molecule has 0 spiro atoms. The summed E-state index contributed by atoms with van der Waals surface area (Å²) >= 11 is 0. The molecular formula is C12H16NO2+. The third-order valence-corrected chi connectivity index (χ3v) is 2.02. The number of benzene rings is 1. The van der Waals surface area contributed by atoms with Gasteiger partial charge < -0.3 is 10.5 Å². The Morgan fingerprint density at radius 2 is 2.13 bits per heavy atom. The lowest BCUT2D eigenvalue weighted by Gasteiger charge is -2.01. The molecular weight excluding hydrogens is 190 g/mol. The second-order valence-corrected chi connectivity index (χ2v) is 3.31. The molecule has 1 rings (SSSR count). The van der Waals surface area contributed by atoms with E-state index in [0.717, 1.165) is 5.56 Å². The van der Waals surface area contributed by atoms with Crippen molar-refractivity contribution >= 4 is 12.0 Å². The Morgan fingerprint density at radius 1 is 1.47 bits per heavy atom. The molecule has 1 aromatic rings. The van der Waals surface area contributed by atoms with Crippen molar-refractivity contribution in [3.8, 4) is 0 Å². The summed E-state index contributed by atoms with van der Waals surface area (Å²) < 4.78 is 4.56. The Kier molecular flexibility index (Phi) is 4.57. The molecule has 0 heterocycles. The lowest BCUT2D eigenvalue weighted by Crippen LogP contribution is -2.60. The molecule has 0 unspecified atom stereocenters. The number of carbonyl (C=O) groups excluding carboxylic acids is 1. The van der Waals surface area contributed by atoms with E-state index < -0.39 is 0 Å². The van der Waals surface area contributed by atoms with Crippen LogP contribution >= 0.6 is 0 Å². The van der Waals surface area contributed by atoms with E-state index >= 15 is 0 Å². The fourth-order valence-corrected chi connectivity index (χ4v) is 1.18. The number of quaternary nitrogens is 1. The van der Waals surface area contributed by atoms with Gasteiger partial charge in [0.1, 0.15) is 12.5 Å². The number of carbonyl (C=O) groups is 1. The van der Waals surface area contributed by atoms with Gasteiger partial charge in [0, 0.05) is 0 Å². The van der Waals surface area contributed by atoms with Crippen molar-refractivity contribution in [2.75, 3.05) is 7.11 Å². The van der Waals surface area contributed by atoms with Crippen LogP contribution in [0.15, 0.2) is 36.4 Å². The van der Waals surface area contributed by atoms with Crippen molar-refractivity contribution in [1.82, 2.24) is 0 Å². The largest absolute Gasteiger partial charge is 0.469 e. The predicted molar refractivity (Wildman–Crippen MR) is 58.8 cm³/mol. The topological polar surface area (TPSA) is 53.9 Å². The third-order valence-electron chi connectivity index (χ3n) is 2.02. The van der Waals surface area contributed by atoms with Gasteiger partial charge in [-0.3, -0.25) is 4.79 Å². The van der Waals surface area contributed by atoms with Crippen molar-refractivity contribution in [3.63, 3.8) is 0 Å². The quantitative estimate of drug-likeness (QED) is 0.743. The lowest BCUT2D eigenvalue weighted by molar-refractivity contribution is -0.402. The molecule has 0 aliphatic carbocycles. The molecule has 3 heteroatoms. The monoisotopic (exact) mass is 206 g/mol.